The van der Waals surface area contributed by atoms with Crippen LogP contribution in [0.1, 0.15) is 27.2 Å². The van der Waals surface area contributed by atoms with Crippen LogP contribution in [0.5, 0.6) is 0 Å². The predicted molar refractivity (Wildman–Crippen MR) is 129 cm³/mol. The molecule has 0 atom stereocenters. The molecule has 0 aliphatic rings. The molecule has 0 saturated carbocycles. The quantitative estimate of drug-likeness (QED) is 0.310. The molecule has 2 heterocycles. The van der Waals surface area contributed by atoms with Crippen LogP contribution in [0.15, 0.2) is 81.6 Å². The second kappa shape index (κ2) is 8.60. The maximum Gasteiger partial charge on any atom is 0.287 e. The number of hydrogen-bond donors (Lipinski definition) is 1. The molecular formula is C27H21ClN2O3. The van der Waals surface area contributed by atoms with Crippen molar-refractivity contribution in [1.82, 2.24) is 10.3 Å². The summed E-state index contributed by atoms with van der Waals surface area (Å²) in [6.45, 7) is 4.50. The van der Waals surface area contributed by atoms with Crippen molar-refractivity contribution in [2.75, 3.05) is 0 Å². The van der Waals surface area contributed by atoms with Gasteiger partial charge in [0.25, 0.3) is 5.91 Å². The molecule has 33 heavy (non-hydrogen) atoms. The number of aromatic nitrogens is 1. The lowest BCUT2D eigenvalue weighted by Crippen LogP contribution is -2.22. The van der Waals surface area contributed by atoms with Gasteiger partial charge in [0, 0.05) is 22.7 Å². The lowest BCUT2D eigenvalue weighted by atomic mass is 10.1. The van der Waals surface area contributed by atoms with Crippen LogP contribution in [0, 0.1) is 13.8 Å². The summed E-state index contributed by atoms with van der Waals surface area (Å²) in [7, 11) is 0. The number of nitrogens with zero attached hydrogens (tertiary/aromatic N) is 1. The molecule has 0 aliphatic heterocycles. The van der Waals surface area contributed by atoms with Gasteiger partial charge in [-0.2, -0.15) is 0 Å². The van der Waals surface area contributed by atoms with E-state index < -0.39 is 0 Å². The van der Waals surface area contributed by atoms with Crippen LogP contribution < -0.4 is 5.32 Å². The highest BCUT2D eigenvalue weighted by Gasteiger charge is 2.13. The molecular weight excluding hydrogens is 436 g/mol. The van der Waals surface area contributed by atoms with Gasteiger partial charge in [0.05, 0.1) is 0 Å². The predicted octanol–water partition coefficient (Wildman–Crippen LogP) is 6.96. The lowest BCUT2D eigenvalue weighted by Gasteiger charge is -2.04. The summed E-state index contributed by atoms with van der Waals surface area (Å²) in [5.74, 6) is 1.18. The molecule has 0 saturated heterocycles. The van der Waals surface area contributed by atoms with E-state index in [2.05, 4.69) is 24.1 Å². The van der Waals surface area contributed by atoms with Gasteiger partial charge in [-0.15, -0.1) is 0 Å². The fraction of sp³-hybridized carbons (Fsp3) is 0.111. The van der Waals surface area contributed by atoms with Gasteiger partial charge in [0.1, 0.15) is 11.3 Å². The Morgan fingerprint density at radius 1 is 0.879 bits per heavy atom. The van der Waals surface area contributed by atoms with Gasteiger partial charge < -0.3 is 14.2 Å². The number of fused-ring (bicyclic) bond motifs is 1. The van der Waals surface area contributed by atoms with Crippen LogP contribution >= 0.6 is 11.6 Å². The first-order valence-corrected chi connectivity index (χ1v) is 11.0. The molecule has 5 nitrogen and oxygen atoms in total. The Balaban J connectivity index is 1.24. The Morgan fingerprint density at radius 3 is 2.33 bits per heavy atom. The molecule has 3 aromatic carbocycles. The lowest BCUT2D eigenvalue weighted by molar-refractivity contribution is 0.0924. The molecule has 5 aromatic rings. The van der Waals surface area contributed by atoms with Crippen molar-refractivity contribution < 1.29 is 13.6 Å². The Bertz CT molecular complexity index is 1410. The van der Waals surface area contributed by atoms with Gasteiger partial charge in [0.2, 0.25) is 5.89 Å². The van der Waals surface area contributed by atoms with E-state index in [1.807, 2.05) is 48.5 Å². The Hall–Kier alpha value is -3.83. The summed E-state index contributed by atoms with van der Waals surface area (Å²) >= 11 is 5.93. The van der Waals surface area contributed by atoms with Gasteiger partial charge in [-0.3, -0.25) is 4.79 Å². The zero-order valence-electron chi connectivity index (χ0n) is 18.2. The highest BCUT2D eigenvalue weighted by atomic mass is 35.5. The average Bonchev–Trinajstić information content (AvgIpc) is 3.46. The molecule has 2 aromatic heterocycles. The Labute approximate surface area is 196 Å². The van der Waals surface area contributed by atoms with E-state index in [0.717, 1.165) is 27.8 Å². The van der Waals surface area contributed by atoms with E-state index in [4.69, 9.17) is 20.4 Å². The molecule has 5 rings (SSSR count). The summed E-state index contributed by atoms with van der Waals surface area (Å²) in [5.41, 5.74) is 6.69. The van der Waals surface area contributed by atoms with Crippen LogP contribution in [-0.4, -0.2) is 10.9 Å². The maximum absolute atomic E-state index is 12.5. The number of furan rings is 1. The standard InChI is InChI=1S/C27H21ClN2O3/c1-16-13-22-25(14-17(16)2)33-27(30-22)20-5-3-18(4-6-20)15-29-26(31)24-12-11-23(32-24)19-7-9-21(28)10-8-19/h3-14H,15H2,1-2H3,(H,29,31). The summed E-state index contributed by atoms with van der Waals surface area (Å²) in [6, 6.07) is 22.5. The molecule has 1 N–H and O–H groups in total. The zero-order chi connectivity index (χ0) is 22.9. The van der Waals surface area contributed by atoms with E-state index in [-0.39, 0.29) is 11.7 Å². The van der Waals surface area contributed by atoms with Gasteiger partial charge >= 0.3 is 0 Å². The molecule has 0 radical (unpaired) electrons. The van der Waals surface area contributed by atoms with Crippen molar-refractivity contribution in [3.05, 3.63) is 100 Å². The summed E-state index contributed by atoms with van der Waals surface area (Å²) in [4.78, 5) is 17.1. The number of rotatable bonds is 5. The SMILES string of the molecule is Cc1cc2nc(-c3ccc(CNC(=O)c4ccc(-c5ccc(Cl)cc5)o4)cc3)oc2cc1C. The molecule has 6 heteroatoms. The molecule has 0 bridgehead atoms. The summed E-state index contributed by atoms with van der Waals surface area (Å²) in [6.07, 6.45) is 0. The number of benzene rings is 3. The fourth-order valence-electron chi connectivity index (χ4n) is 3.57. The number of halogens is 1. The second-order valence-electron chi connectivity index (χ2n) is 7.97. The largest absolute Gasteiger partial charge is 0.451 e. The van der Waals surface area contributed by atoms with Crippen molar-refractivity contribution >= 4 is 28.6 Å². The summed E-state index contributed by atoms with van der Waals surface area (Å²) < 4.78 is 11.6. The first-order valence-electron chi connectivity index (χ1n) is 10.6. The van der Waals surface area contributed by atoms with E-state index in [1.165, 1.54) is 11.1 Å². The minimum Gasteiger partial charge on any atom is -0.451 e. The normalized spacial score (nSPS) is 11.1. The second-order valence-corrected chi connectivity index (χ2v) is 8.41. The molecule has 0 aliphatic carbocycles. The van der Waals surface area contributed by atoms with Crippen molar-refractivity contribution in [3.63, 3.8) is 0 Å². The minimum absolute atomic E-state index is 0.258. The first kappa shape index (κ1) is 21.0. The molecule has 0 unspecified atom stereocenters. The number of carbonyl (C=O) groups excluding carboxylic acids is 1. The third-order valence-electron chi connectivity index (χ3n) is 5.62. The van der Waals surface area contributed by atoms with Gasteiger partial charge in [-0.1, -0.05) is 23.7 Å². The highest BCUT2D eigenvalue weighted by molar-refractivity contribution is 6.30. The molecule has 164 valence electrons. The summed E-state index contributed by atoms with van der Waals surface area (Å²) in [5, 5.41) is 3.54. The number of oxazole rings is 1. The van der Waals surface area contributed by atoms with Gasteiger partial charge in [-0.25, -0.2) is 4.98 Å². The van der Waals surface area contributed by atoms with E-state index in [9.17, 15) is 4.79 Å². The van der Waals surface area contributed by atoms with Crippen molar-refractivity contribution in [1.29, 1.82) is 0 Å². The van der Waals surface area contributed by atoms with Crippen LogP contribution in [0.3, 0.4) is 0 Å². The van der Waals surface area contributed by atoms with Crippen molar-refractivity contribution in [2.45, 2.75) is 20.4 Å². The fourth-order valence-corrected chi connectivity index (χ4v) is 3.69. The third-order valence-corrected chi connectivity index (χ3v) is 5.87. The smallest absolute Gasteiger partial charge is 0.287 e. The van der Waals surface area contributed by atoms with E-state index >= 15 is 0 Å². The number of amides is 1. The zero-order valence-corrected chi connectivity index (χ0v) is 18.9. The molecule has 0 spiro atoms. The highest BCUT2D eigenvalue weighted by Crippen LogP contribution is 2.27. The van der Waals surface area contributed by atoms with Crippen molar-refractivity contribution in [3.8, 4) is 22.8 Å². The van der Waals surface area contributed by atoms with Gasteiger partial charge in [-0.05, 0) is 91.2 Å². The van der Waals surface area contributed by atoms with Crippen LogP contribution in [0.25, 0.3) is 33.9 Å². The van der Waals surface area contributed by atoms with Crippen LogP contribution in [0.4, 0.5) is 0 Å². The van der Waals surface area contributed by atoms with E-state index in [1.54, 1.807) is 24.3 Å². The van der Waals surface area contributed by atoms with Crippen LogP contribution in [0.2, 0.25) is 5.02 Å². The Kier molecular flexibility index (Phi) is 5.48. The number of hydrogen-bond acceptors (Lipinski definition) is 4. The number of carbonyl (C=O) groups is 1. The van der Waals surface area contributed by atoms with Gasteiger partial charge in [0.15, 0.2) is 11.3 Å². The minimum atomic E-state index is -0.274. The topological polar surface area (TPSA) is 68.3 Å². The first-order chi connectivity index (χ1) is 16.0. The number of aryl methyl sites for hydroxylation is 2. The number of nitrogens with one attached hydrogen (secondary N) is 1. The third kappa shape index (κ3) is 4.41. The molecule has 0 fully saturated rings. The van der Waals surface area contributed by atoms with Crippen molar-refractivity contribution in [2.24, 2.45) is 0 Å². The van der Waals surface area contributed by atoms with Crippen LogP contribution in [-0.2, 0) is 6.54 Å². The maximum atomic E-state index is 12.5. The molecule has 1 amide bonds. The Morgan fingerprint density at radius 2 is 1.58 bits per heavy atom. The monoisotopic (exact) mass is 456 g/mol. The van der Waals surface area contributed by atoms with E-state index in [0.29, 0.717) is 23.2 Å². The average molecular weight is 457 g/mol.